The minimum atomic E-state index is 1.10. The van der Waals surface area contributed by atoms with Crippen molar-refractivity contribution >= 4 is 18.2 Å². The SMILES string of the molecule is Cc1c2c(cc3c1Cc1ccccc1-3)C=CC2.Cc1ccc2c(c1)-c1c(ccc3c1CC=C3)C2.Cc1ccc2c(c1)Cc1ccc3c(c1-2)C=CC3. The van der Waals surface area contributed by atoms with Gasteiger partial charge in [-0.2, -0.15) is 0 Å². The van der Waals surface area contributed by atoms with Crippen LogP contribution in [0.3, 0.4) is 0 Å². The Morgan fingerprint density at radius 1 is 0.392 bits per heavy atom. The van der Waals surface area contributed by atoms with Crippen LogP contribution in [0, 0.1) is 20.8 Å². The summed E-state index contributed by atoms with van der Waals surface area (Å²) in [6.07, 6.45) is 20.3. The Hall–Kier alpha value is -5.46. The standard InChI is InChI=1S/3C17H14/c1-11-14-8-4-6-12(14)10-17-15-7-3-2-5-13(15)9-16(11)17;1-11-5-8-16-14(9-11)10-13-7-6-12-3-2-4-15(12)17(13)16;1-11-5-6-13-10-14-8-7-12-3-2-4-15(12)17(14)16(13)9-11/h2-7,10H,8-9H2,1H3;2,4-9H,3,10H2,1H3;2-3,5-9H,4,10H2,1H3. The van der Waals surface area contributed by atoms with Gasteiger partial charge in [-0.1, -0.05) is 133 Å². The van der Waals surface area contributed by atoms with Crippen LogP contribution in [0.4, 0.5) is 0 Å². The summed E-state index contributed by atoms with van der Waals surface area (Å²) < 4.78 is 0. The molecule has 246 valence electrons. The van der Waals surface area contributed by atoms with E-state index in [9.17, 15) is 0 Å². The van der Waals surface area contributed by atoms with Crippen molar-refractivity contribution in [1.29, 1.82) is 0 Å². The van der Waals surface area contributed by atoms with Crippen LogP contribution in [0.1, 0.15) is 83.5 Å². The Balaban J connectivity index is 0.0000000963. The van der Waals surface area contributed by atoms with Crippen molar-refractivity contribution in [1.82, 2.24) is 0 Å². The van der Waals surface area contributed by atoms with Crippen molar-refractivity contribution in [2.24, 2.45) is 0 Å². The van der Waals surface area contributed by atoms with E-state index in [4.69, 9.17) is 0 Å². The van der Waals surface area contributed by atoms with E-state index in [1.54, 1.807) is 5.56 Å². The molecule has 0 bridgehead atoms. The van der Waals surface area contributed by atoms with Crippen molar-refractivity contribution in [2.45, 2.75) is 59.3 Å². The third-order valence-corrected chi connectivity index (χ3v) is 12.1. The fraction of sp³-hybridized carbons (Fsp3) is 0.176. The molecular formula is C51H42. The summed E-state index contributed by atoms with van der Waals surface area (Å²) in [6, 6.07) is 34.1. The Labute approximate surface area is 302 Å². The van der Waals surface area contributed by atoms with E-state index < -0.39 is 0 Å². The highest BCUT2D eigenvalue weighted by Gasteiger charge is 2.26. The molecule has 0 fully saturated rings. The summed E-state index contributed by atoms with van der Waals surface area (Å²) in [4.78, 5) is 0. The van der Waals surface area contributed by atoms with Crippen LogP contribution in [0.2, 0.25) is 0 Å². The maximum absolute atomic E-state index is 2.38. The average Bonchev–Trinajstić information content (AvgIpc) is 3.99. The third kappa shape index (κ3) is 4.96. The highest BCUT2D eigenvalue weighted by molar-refractivity contribution is 5.88. The van der Waals surface area contributed by atoms with Crippen molar-refractivity contribution in [2.75, 3.05) is 0 Å². The van der Waals surface area contributed by atoms with Crippen molar-refractivity contribution in [3.8, 4) is 33.4 Å². The second kappa shape index (κ2) is 11.8. The molecule has 0 N–H and O–H groups in total. The number of fused-ring (bicyclic) bond motifs is 14. The van der Waals surface area contributed by atoms with Gasteiger partial charge in [-0.05, 0) is 171 Å². The van der Waals surface area contributed by atoms with Gasteiger partial charge >= 0.3 is 0 Å². The lowest BCUT2D eigenvalue weighted by Gasteiger charge is -2.11. The van der Waals surface area contributed by atoms with Crippen molar-refractivity contribution in [3.05, 3.63) is 193 Å². The topological polar surface area (TPSA) is 0 Å². The van der Waals surface area contributed by atoms with Gasteiger partial charge < -0.3 is 0 Å². The number of hydrogen-bond donors (Lipinski definition) is 0. The van der Waals surface area contributed by atoms with E-state index in [0.29, 0.717) is 0 Å². The molecule has 6 aromatic carbocycles. The van der Waals surface area contributed by atoms with E-state index in [0.717, 1.165) is 38.5 Å². The fourth-order valence-electron chi connectivity index (χ4n) is 9.57. The van der Waals surface area contributed by atoms with Gasteiger partial charge in [0.1, 0.15) is 0 Å². The smallest absolute Gasteiger partial charge is 0.00107 e. The second-order valence-corrected chi connectivity index (χ2v) is 15.3. The van der Waals surface area contributed by atoms with Gasteiger partial charge in [-0.25, -0.2) is 0 Å². The molecule has 0 atom stereocenters. The highest BCUT2D eigenvalue weighted by atomic mass is 14.3. The molecule has 12 rings (SSSR count). The monoisotopic (exact) mass is 654 g/mol. The van der Waals surface area contributed by atoms with Crippen LogP contribution < -0.4 is 0 Å². The summed E-state index contributed by atoms with van der Waals surface area (Å²) in [5.74, 6) is 0. The van der Waals surface area contributed by atoms with Gasteiger partial charge in [0.15, 0.2) is 0 Å². The van der Waals surface area contributed by atoms with Gasteiger partial charge in [0, 0.05) is 0 Å². The molecule has 0 heterocycles. The van der Waals surface area contributed by atoms with E-state index in [1.807, 2.05) is 0 Å². The molecule has 0 spiro atoms. The van der Waals surface area contributed by atoms with E-state index in [-0.39, 0.29) is 0 Å². The number of allylic oxidation sites excluding steroid dienone is 3. The Morgan fingerprint density at radius 3 is 2.00 bits per heavy atom. The third-order valence-electron chi connectivity index (χ3n) is 12.1. The fourth-order valence-corrected chi connectivity index (χ4v) is 9.57. The molecule has 6 aliphatic rings. The lowest BCUT2D eigenvalue weighted by molar-refractivity contribution is 1.16. The van der Waals surface area contributed by atoms with E-state index >= 15 is 0 Å². The molecule has 0 saturated carbocycles. The van der Waals surface area contributed by atoms with Crippen molar-refractivity contribution < 1.29 is 0 Å². The number of aryl methyl sites for hydroxylation is 2. The van der Waals surface area contributed by atoms with Crippen LogP contribution in [0.15, 0.2) is 109 Å². The van der Waals surface area contributed by atoms with Gasteiger partial charge in [0.2, 0.25) is 0 Å². The van der Waals surface area contributed by atoms with E-state index in [1.165, 1.54) is 111 Å². The molecule has 0 unspecified atom stereocenters. The first kappa shape index (κ1) is 30.4. The van der Waals surface area contributed by atoms with Crippen LogP contribution in [0.25, 0.3) is 51.6 Å². The minimum Gasteiger partial charge on any atom is -0.0795 e. The summed E-state index contributed by atoms with van der Waals surface area (Å²) in [5.41, 5.74) is 31.0. The molecule has 51 heavy (non-hydrogen) atoms. The molecule has 0 radical (unpaired) electrons. The lowest BCUT2D eigenvalue weighted by atomic mass is 9.94. The summed E-state index contributed by atoms with van der Waals surface area (Å²) >= 11 is 0. The molecule has 0 saturated heterocycles. The quantitative estimate of drug-likeness (QED) is 0.153. The average molecular weight is 655 g/mol. The van der Waals surface area contributed by atoms with Crippen LogP contribution in [0.5, 0.6) is 0 Å². The van der Waals surface area contributed by atoms with Gasteiger partial charge in [0.25, 0.3) is 0 Å². The lowest BCUT2D eigenvalue weighted by Crippen LogP contribution is -1.94. The number of hydrogen-bond acceptors (Lipinski definition) is 0. The van der Waals surface area contributed by atoms with Gasteiger partial charge in [0.05, 0.1) is 0 Å². The zero-order chi connectivity index (χ0) is 34.2. The molecule has 0 aromatic heterocycles. The predicted octanol–water partition coefficient (Wildman–Crippen LogP) is 12.4. The van der Waals surface area contributed by atoms with Gasteiger partial charge in [-0.3, -0.25) is 0 Å². The van der Waals surface area contributed by atoms with Crippen LogP contribution in [-0.2, 0) is 38.5 Å². The summed E-state index contributed by atoms with van der Waals surface area (Å²) in [6.45, 7) is 6.64. The largest absolute Gasteiger partial charge is 0.0795 e. The second-order valence-electron chi connectivity index (χ2n) is 15.3. The maximum Gasteiger partial charge on any atom is -0.00107 e. The molecule has 0 heteroatoms. The van der Waals surface area contributed by atoms with Gasteiger partial charge in [-0.15, -0.1) is 0 Å². The molecule has 6 aromatic rings. The molecule has 6 aliphatic carbocycles. The first-order valence-electron chi connectivity index (χ1n) is 18.7. The van der Waals surface area contributed by atoms with E-state index in [2.05, 4.69) is 148 Å². The first-order valence-corrected chi connectivity index (χ1v) is 18.7. The highest BCUT2D eigenvalue weighted by Crippen LogP contribution is 2.45. The number of rotatable bonds is 0. The first-order chi connectivity index (χ1) is 25.0. The zero-order valence-corrected chi connectivity index (χ0v) is 29.9. The normalized spacial score (nSPS) is 14.6. The predicted molar refractivity (Wildman–Crippen MR) is 216 cm³/mol. The molecular weight excluding hydrogens is 613 g/mol. The van der Waals surface area contributed by atoms with Crippen molar-refractivity contribution in [3.63, 3.8) is 0 Å². The maximum atomic E-state index is 2.38. The molecule has 0 nitrogen and oxygen atoms in total. The Bertz CT molecular complexity index is 2550. The molecule has 0 aliphatic heterocycles. The Kier molecular flexibility index (Phi) is 7.04. The Morgan fingerprint density at radius 2 is 1.08 bits per heavy atom. The minimum absolute atomic E-state index is 1.10. The molecule has 0 amide bonds. The zero-order valence-electron chi connectivity index (χ0n) is 29.9. The van der Waals surface area contributed by atoms with Crippen LogP contribution in [-0.4, -0.2) is 0 Å². The summed E-state index contributed by atoms with van der Waals surface area (Å²) in [5, 5.41) is 0. The number of benzene rings is 6. The summed E-state index contributed by atoms with van der Waals surface area (Å²) in [7, 11) is 0. The van der Waals surface area contributed by atoms with Crippen LogP contribution >= 0.6 is 0 Å².